The minimum absolute atomic E-state index is 0.136. The first-order chi connectivity index (χ1) is 11.3. The van der Waals surface area contributed by atoms with Gasteiger partial charge in [-0.1, -0.05) is 61.0 Å². The van der Waals surface area contributed by atoms with E-state index in [1.165, 1.54) is 11.6 Å². The van der Waals surface area contributed by atoms with Gasteiger partial charge in [-0.3, -0.25) is 4.79 Å². The minimum Gasteiger partial charge on any atom is -0.488 e. The Bertz CT molecular complexity index is 743. The largest absolute Gasteiger partial charge is 0.488 e. The molecule has 0 aromatic heterocycles. The Balaban J connectivity index is 2.13. The van der Waals surface area contributed by atoms with Crippen LogP contribution in [-0.4, -0.2) is 5.24 Å². The number of carbonyl (C=O) groups is 1. The van der Waals surface area contributed by atoms with Crippen molar-refractivity contribution in [3.05, 3.63) is 69.7 Å². The second kappa shape index (κ2) is 8.00. The number of allylic oxidation sites excluding steroid dienone is 1. The number of hydrogen-bond acceptors (Lipinski definition) is 2. The molecular weight excluding hydrogens is 388 g/mol. The average molecular weight is 408 g/mol. The lowest BCUT2D eigenvalue weighted by Crippen LogP contribution is -2.10. The highest BCUT2D eigenvalue weighted by Crippen LogP contribution is 2.26. The Kier molecular flexibility index (Phi) is 6.25. The molecule has 0 aliphatic rings. The van der Waals surface area contributed by atoms with E-state index in [0.29, 0.717) is 12.4 Å². The van der Waals surface area contributed by atoms with Gasteiger partial charge in [0.2, 0.25) is 5.24 Å². The summed E-state index contributed by atoms with van der Waals surface area (Å²) in [5.41, 5.74) is 3.31. The molecule has 126 valence electrons. The summed E-state index contributed by atoms with van der Waals surface area (Å²) in [5.74, 6) is 0.701. The molecule has 2 aromatic carbocycles. The number of ether oxygens (including phenoxy) is 1. The predicted octanol–water partition coefficient (Wildman–Crippen LogP) is 6.10. The fraction of sp³-hybridized carbons (Fsp3) is 0.250. The van der Waals surface area contributed by atoms with E-state index in [0.717, 1.165) is 15.6 Å². The molecule has 2 nitrogen and oxygen atoms in total. The van der Waals surface area contributed by atoms with Crippen LogP contribution in [-0.2, 0) is 16.8 Å². The third kappa shape index (κ3) is 5.50. The number of benzene rings is 2. The summed E-state index contributed by atoms with van der Waals surface area (Å²) in [6.45, 7) is 7.03. The van der Waals surface area contributed by atoms with Crippen molar-refractivity contribution in [1.29, 1.82) is 0 Å². The zero-order valence-electron chi connectivity index (χ0n) is 14.0. The van der Waals surface area contributed by atoms with Gasteiger partial charge in [0.15, 0.2) is 0 Å². The molecule has 2 rings (SSSR count). The monoisotopic (exact) mass is 406 g/mol. The molecule has 24 heavy (non-hydrogen) atoms. The Morgan fingerprint density at radius 2 is 1.83 bits per heavy atom. The molecule has 0 aliphatic carbocycles. The number of rotatable bonds is 5. The van der Waals surface area contributed by atoms with Crippen LogP contribution in [0.1, 0.15) is 37.5 Å². The van der Waals surface area contributed by atoms with Gasteiger partial charge in [0.05, 0.1) is 0 Å². The Morgan fingerprint density at radius 1 is 1.17 bits per heavy atom. The van der Waals surface area contributed by atoms with Crippen molar-refractivity contribution in [3.63, 3.8) is 0 Å². The molecular formula is C20H20BrClO2. The van der Waals surface area contributed by atoms with Crippen molar-refractivity contribution < 1.29 is 9.53 Å². The molecule has 0 atom stereocenters. The van der Waals surface area contributed by atoms with Gasteiger partial charge < -0.3 is 4.74 Å². The van der Waals surface area contributed by atoms with E-state index in [1.807, 2.05) is 18.2 Å². The predicted molar refractivity (Wildman–Crippen MR) is 104 cm³/mol. The summed E-state index contributed by atoms with van der Waals surface area (Å²) in [5, 5.41) is -0.515. The second-order valence-electron chi connectivity index (χ2n) is 6.56. The van der Waals surface area contributed by atoms with E-state index in [-0.39, 0.29) is 5.41 Å². The van der Waals surface area contributed by atoms with Gasteiger partial charge in [-0.05, 0) is 58.5 Å². The Hall–Kier alpha value is -1.58. The molecule has 4 heteroatoms. The van der Waals surface area contributed by atoms with E-state index >= 15 is 0 Å². The van der Waals surface area contributed by atoms with Crippen molar-refractivity contribution in [2.24, 2.45) is 0 Å². The number of hydrogen-bond donors (Lipinski definition) is 0. The van der Waals surface area contributed by atoms with E-state index in [9.17, 15) is 4.79 Å². The van der Waals surface area contributed by atoms with Crippen LogP contribution >= 0.6 is 27.5 Å². The standard InChI is InChI=1S/C20H20BrClO2/c1-20(2,3)16-7-4-14(5-8-16)13-24-18-10-9-17(21)12-15(18)6-11-19(22)23/h4-12H,13H2,1-3H3/b11-6+. The smallest absolute Gasteiger partial charge is 0.245 e. The van der Waals surface area contributed by atoms with Gasteiger partial charge in [-0.2, -0.15) is 0 Å². The average Bonchev–Trinajstić information content (AvgIpc) is 2.51. The summed E-state index contributed by atoms with van der Waals surface area (Å²) in [7, 11) is 0. The van der Waals surface area contributed by atoms with Crippen molar-refractivity contribution >= 4 is 38.8 Å². The van der Waals surface area contributed by atoms with Gasteiger partial charge in [0.1, 0.15) is 12.4 Å². The van der Waals surface area contributed by atoms with Crippen LogP contribution in [0.2, 0.25) is 0 Å². The fourth-order valence-corrected chi connectivity index (χ4v) is 2.64. The van der Waals surface area contributed by atoms with Crippen molar-refractivity contribution in [2.45, 2.75) is 32.8 Å². The Morgan fingerprint density at radius 3 is 2.42 bits per heavy atom. The normalized spacial score (nSPS) is 11.7. The van der Waals surface area contributed by atoms with Gasteiger partial charge in [0.25, 0.3) is 0 Å². The summed E-state index contributed by atoms with van der Waals surface area (Å²) in [4.78, 5) is 10.9. The lowest BCUT2D eigenvalue weighted by atomic mass is 9.87. The maximum absolute atomic E-state index is 10.9. The van der Waals surface area contributed by atoms with Crippen molar-refractivity contribution in [1.82, 2.24) is 0 Å². The Labute approximate surface area is 156 Å². The van der Waals surface area contributed by atoms with E-state index in [2.05, 4.69) is 61.0 Å². The molecule has 0 amide bonds. The van der Waals surface area contributed by atoms with E-state index < -0.39 is 5.24 Å². The maximum atomic E-state index is 10.9. The van der Waals surface area contributed by atoms with Crippen LogP contribution in [0.5, 0.6) is 5.75 Å². The molecule has 0 radical (unpaired) electrons. The van der Waals surface area contributed by atoms with Crippen LogP contribution in [0.4, 0.5) is 0 Å². The highest BCUT2D eigenvalue weighted by Gasteiger charge is 2.13. The van der Waals surface area contributed by atoms with E-state index in [4.69, 9.17) is 16.3 Å². The molecule has 0 aliphatic heterocycles. The first kappa shape index (κ1) is 18.8. The molecule has 0 fully saturated rings. The summed E-state index contributed by atoms with van der Waals surface area (Å²) < 4.78 is 6.82. The highest BCUT2D eigenvalue weighted by atomic mass is 79.9. The SMILES string of the molecule is CC(C)(C)c1ccc(COc2ccc(Br)cc2/C=C/C(=O)Cl)cc1. The van der Waals surface area contributed by atoms with Crippen molar-refractivity contribution in [2.75, 3.05) is 0 Å². The lowest BCUT2D eigenvalue weighted by molar-refractivity contribution is -0.107. The van der Waals surface area contributed by atoms with Gasteiger partial charge in [0, 0.05) is 10.0 Å². The summed E-state index contributed by atoms with van der Waals surface area (Å²) in [6.07, 6.45) is 2.96. The van der Waals surface area contributed by atoms with Gasteiger partial charge >= 0.3 is 0 Å². The zero-order valence-corrected chi connectivity index (χ0v) is 16.3. The van der Waals surface area contributed by atoms with Gasteiger partial charge in [-0.25, -0.2) is 0 Å². The third-order valence-electron chi connectivity index (χ3n) is 3.58. The van der Waals surface area contributed by atoms with Crippen LogP contribution in [0.3, 0.4) is 0 Å². The minimum atomic E-state index is -0.515. The van der Waals surface area contributed by atoms with Crippen LogP contribution in [0, 0.1) is 0 Å². The van der Waals surface area contributed by atoms with Gasteiger partial charge in [-0.15, -0.1) is 0 Å². The third-order valence-corrected chi connectivity index (χ3v) is 4.20. The quantitative estimate of drug-likeness (QED) is 0.442. The molecule has 0 bridgehead atoms. The summed E-state index contributed by atoms with van der Waals surface area (Å²) >= 11 is 8.78. The number of halogens is 2. The van der Waals surface area contributed by atoms with E-state index in [1.54, 1.807) is 6.08 Å². The highest BCUT2D eigenvalue weighted by molar-refractivity contribution is 9.10. The van der Waals surface area contributed by atoms with Crippen LogP contribution in [0.15, 0.2) is 53.0 Å². The second-order valence-corrected chi connectivity index (χ2v) is 7.84. The fourth-order valence-electron chi connectivity index (χ4n) is 2.20. The molecule has 0 N–H and O–H groups in total. The van der Waals surface area contributed by atoms with Crippen molar-refractivity contribution in [3.8, 4) is 5.75 Å². The van der Waals surface area contributed by atoms with Crippen LogP contribution in [0.25, 0.3) is 6.08 Å². The molecule has 0 spiro atoms. The molecule has 0 saturated carbocycles. The summed E-state index contributed by atoms with van der Waals surface area (Å²) in [6, 6.07) is 14.1. The molecule has 0 saturated heterocycles. The molecule has 0 heterocycles. The molecule has 2 aromatic rings. The molecule has 0 unspecified atom stereocenters. The number of carbonyl (C=O) groups excluding carboxylic acids is 1. The lowest BCUT2D eigenvalue weighted by Gasteiger charge is -2.19. The first-order valence-corrected chi connectivity index (χ1v) is 8.82. The topological polar surface area (TPSA) is 26.3 Å². The first-order valence-electron chi connectivity index (χ1n) is 7.65. The zero-order chi connectivity index (χ0) is 17.7. The van der Waals surface area contributed by atoms with Crippen LogP contribution < -0.4 is 4.74 Å². The maximum Gasteiger partial charge on any atom is 0.245 e.